The minimum Gasteiger partial charge on any atom is -0.379 e. The average molecular weight is 340 g/mol. The van der Waals surface area contributed by atoms with Gasteiger partial charge in [0.2, 0.25) is 0 Å². The van der Waals surface area contributed by atoms with Crippen molar-refractivity contribution in [3.05, 3.63) is 64.1 Å². The van der Waals surface area contributed by atoms with Crippen molar-refractivity contribution in [2.24, 2.45) is 0 Å². The lowest BCUT2D eigenvalue weighted by Crippen LogP contribution is -2.17. The van der Waals surface area contributed by atoms with Gasteiger partial charge in [-0.15, -0.1) is 0 Å². The van der Waals surface area contributed by atoms with Crippen LogP contribution in [-0.4, -0.2) is 6.04 Å². The van der Waals surface area contributed by atoms with Gasteiger partial charge in [-0.05, 0) is 47.3 Å². The number of anilines is 1. The van der Waals surface area contributed by atoms with Gasteiger partial charge in [0.1, 0.15) is 11.6 Å². The molecule has 0 heterocycles. The van der Waals surface area contributed by atoms with E-state index in [0.29, 0.717) is 10.2 Å². The maximum Gasteiger partial charge on any atom is 0.150 e. The fourth-order valence-electron chi connectivity index (χ4n) is 2.03. The van der Waals surface area contributed by atoms with Gasteiger partial charge in [0.05, 0.1) is 5.69 Å². The van der Waals surface area contributed by atoms with Crippen molar-refractivity contribution >= 4 is 21.6 Å². The van der Waals surface area contributed by atoms with E-state index in [4.69, 9.17) is 0 Å². The van der Waals surface area contributed by atoms with E-state index in [1.807, 2.05) is 25.1 Å². The second kappa shape index (κ2) is 6.84. The Morgan fingerprint density at radius 3 is 2.50 bits per heavy atom. The largest absolute Gasteiger partial charge is 0.379 e. The van der Waals surface area contributed by atoms with Crippen molar-refractivity contribution in [1.29, 1.82) is 0 Å². The summed E-state index contributed by atoms with van der Waals surface area (Å²) in [6.45, 7) is 1.98. The van der Waals surface area contributed by atoms with Gasteiger partial charge >= 0.3 is 0 Å². The number of halogens is 3. The molecular weight excluding hydrogens is 324 g/mol. The summed E-state index contributed by atoms with van der Waals surface area (Å²) in [5, 5.41) is 3.09. The first-order valence-electron chi connectivity index (χ1n) is 6.51. The van der Waals surface area contributed by atoms with Crippen molar-refractivity contribution in [2.75, 3.05) is 5.32 Å². The highest BCUT2D eigenvalue weighted by molar-refractivity contribution is 9.10. The van der Waals surface area contributed by atoms with Crippen LogP contribution < -0.4 is 5.32 Å². The van der Waals surface area contributed by atoms with E-state index < -0.39 is 11.6 Å². The summed E-state index contributed by atoms with van der Waals surface area (Å²) < 4.78 is 27.1. The number of hydrogen-bond acceptors (Lipinski definition) is 1. The molecule has 0 amide bonds. The zero-order valence-corrected chi connectivity index (χ0v) is 12.8. The van der Waals surface area contributed by atoms with Gasteiger partial charge in [-0.2, -0.15) is 0 Å². The molecule has 0 aliphatic rings. The van der Waals surface area contributed by atoms with Gasteiger partial charge in [-0.3, -0.25) is 0 Å². The van der Waals surface area contributed by atoms with Crippen molar-refractivity contribution in [2.45, 2.75) is 25.8 Å². The summed E-state index contributed by atoms with van der Waals surface area (Å²) in [6, 6.07) is 12.4. The first-order valence-corrected chi connectivity index (χ1v) is 7.30. The van der Waals surface area contributed by atoms with E-state index in [9.17, 15) is 8.78 Å². The van der Waals surface area contributed by atoms with Gasteiger partial charge in [0.15, 0.2) is 0 Å². The van der Waals surface area contributed by atoms with Crippen LogP contribution in [0, 0.1) is 11.6 Å². The Labute approximate surface area is 126 Å². The fourth-order valence-corrected chi connectivity index (χ4v) is 2.55. The lowest BCUT2D eigenvalue weighted by molar-refractivity contribution is 0.580. The van der Waals surface area contributed by atoms with Gasteiger partial charge < -0.3 is 5.32 Å². The van der Waals surface area contributed by atoms with E-state index in [1.54, 1.807) is 0 Å². The summed E-state index contributed by atoms with van der Waals surface area (Å²) in [7, 11) is 0. The van der Waals surface area contributed by atoms with E-state index in [-0.39, 0.29) is 6.04 Å². The number of benzene rings is 2. The molecule has 0 radical (unpaired) electrons. The SMILES string of the molecule is CC(CCc1ccccc1)Nc1c(F)cc(F)cc1Br. The number of nitrogens with one attached hydrogen (secondary N) is 1. The quantitative estimate of drug-likeness (QED) is 0.793. The van der Waals surface area contributed by atoms with Gasteiger partial charge in [0.25, 0.3) is 0 Å². The van der Waals surface area contributed by atoms with Crippen LogP contribution in [0.4, 0.5) is 14.5 Å². The van der Waals surface area contributed by atoms with E-state index in [2.05, 4.69) is 33.4 Å². The summed E-state index contributed by atoms with van der Waals surface area (Å²) in [5.41, 5.74) is 1.56. The molecule has 106 valence electrons. The molecule has 1 unspecified atom stereocenters. The molecular formula is C16H16BrF2N. The Morgan fingerprint density at radius 2 is 1.85 bits per heavy atom. The molecule has 0 saturated carbocycles. The Morgan fingerprint density at radius 1 is 1.15 bits per heavy atom. The smallest absolute Gasteiger partial charge is 0.150 e. The van der Waals surface area contributed by atoms with E-state index >= 15 is 0 Å². The van der Waals surface area contributed by atoms with Gasteiger partial charge in [-0.1, -0.05) is 30.3 Å². The van der Waals surface area contributed by atoms with Crippen molar-refractivity contribution in [3.63, 3.8) is 0 Å². The standard InChI is InChI=1S/C16H16BrF2N/c1-11(7-8-12-5-3-2-4-6-12)20-16-14(17)9-13(18)10-15(16)19/h2-6,9-11,20H,7-8H2,1H3. The van der Waals surface area contributed by atoms with Gasteiger partial charge in [0, 0.05) is 16.6 Å². The minimum absolute atomic E-state index is 0.0893. The first kappa shape index (κ1) is 15.0. The summed E-state index contributed by atoms with van der Waals surface area (Å²) in [5.74, 6) is -1.17. The van der Waals surface area contributed by atoms with Crippen molar-refractivity contribution in [1.82, 2.24) is 0 Å². The Bertz CT molecular complexity index is 549. The molecule has 2 rings (SSSR count). The molecule has 0 aromatic heterocycles. The molecule has 0 saturated heterocycles. The highest BCUT2D eigenvalue weighted by atomic mass is 79.9. The number of aryl methyl sites for hydroxylation is 1. The van der Waals surface area contributed by atoms with Crippen molar-refractivity contribution < 1.29 is 8.78 Å². The third-order valence-electron chi connectivity index (χ3n) is 3.11. The molecule has 0 bridgehead atoms. The number of rotatable bonds is 5. The minimum atomic E-state index is -0.586. The number of hydrogen-bond donors (Lipinski definition) is 1. The zero-order valence-electron chi connectivity index (χ0n) is 11.2. The predicted molar refractivity (Wildman–Crippen MR) is 81.9 cm³/mol. The topological polar surface area (TPSA) is 12.0 Å². The molecule has 20 heavy (non-hydrogen) atoms. The van der Waals surface area contributed by atoms with Crippen LogP contribution in [0.2, 0.25) is 0 Å². The van der Waals surface area contributed by atoms with Crippen LogP contribution in [0.3, 0.4) is 0 Å². The molecule has 0 aliphatic carbocycles. The van der Waals surface area contributed by atoms with E-state index in [1.165, 1.54) is 11.6 Å². The summed E-state index contributed by atoms with van der Waals surface area (Å²) >= 11 is 3.18. The van der Waals surface area contributed by atoms with Gasteiger partial charge in [-0.25, -0.2) is 8.78 Å². The predicted octanol–water partition coefficient (Wildman–Crippen LogP) is 5.16. The van der Waals surface area contributed by atoms with E-state index in [0.717, 1.165) is 18.9 Å². The maximum absolute atomic E-state index is 13.7. The second-order valence-corrected chi connectivity index (χ2v) is 5.67. The second-order valence-electron chi connectivity index (χ2n) is 4.81. The van der Waals surface area contributed by atoms with Crippen molar-refractivity contribution in [3.8, 4) is 0 Å². The van der Waals surface area contributed by atoms with Crippen LogP contribution in [0.25, 0.3) is 0 Å². The maximum atomic E-state index is 13.7. The van der Waals surface area contributed by atoms with Crippen LogP contribution in [0.5, 0.6) is 0 Å². The normalized spacial score (nSPS) is 12.2. The zero-order chi connectivity index (χ0) is 14.5. The Kier molecular flexibility index (Phi) is 5.12. The molecule has 2 aromatic rings. The molecule has 1 nitrogen and oxygen atoms in total. The summed E-state index contributed by atoms with van der Waals surface area (Å²) in [4.78, 5) is 0. The van der Waals surface area contributed by atoms with Crippen LogP contribution in [0.1, 0.15) is 18.9 Å². The highest BCUT2D eigenvalue weighted by Gasteiger charge is 2.12. The third kappa shape index (κ3) is 4.04. The average Bonchev–Trinajstić information content (AvgIpc) is 2.42. The first-order chi connectivity index (χ1) is 9.56. The Balaban J connectivity index is 1.96. The molecule has 0 aliphatic heterocycles. The molecule has 0 fully saturated rings. The molecule has 1 atom stereocenters. The monoisotopic (exact) mass is 339 g/mol. The fraction of sp³-hybridized carbons (Fsp3) is 0.250. The molecule has 4 heteroatoms. The molecule has 1 N–H and O–H groups in total. The lowest BCUT2D eigenvalue weighted by Gasteiger charge is -2.17. The Hall–Kier alpha value is -1.42. The molecule has 0 spiro atoms. The lowest BCUT2D eigenvalue weighted by atomic mass is 10.1. The third-order valence-corrected chi connectivity index (χ3v) is 3.73. The van der Waals surface area contributed by atoms with Crippen LogP contribution in [0.15, 0.2) is 46.9 Å². The molecule has 2 aromatic carbocycles. The summed E-state index contributed by atoms with van der Waals surface area (Å²) in [6.07, 6.45) is 1.78. The highest BCUT2D eigenvalue weighted by Crippen LogP contribution is 2.27. The van der Waals surface area contributed by atoms with Crippen LogP contribution >= 0.6 is 15.9 Å². The van der Waals surface area contributed by atoms with Crippen LogP contribution in [-0.2, 0) is 6.42 Å².